The fourth-order valence-corrected chi connectivity index (χ4v) is 3.43. The topological polar surface area (TPSA) is 41.5 Å². The van der Waals surface area contributed by atoms with Crippen LogP contribution in [0.15, 0.2) is 24.3 Å². The second-order valence-electron chi connectivity index (χ2n) is 6.96. The van der Waals surface area contributed by atoms with Crippen molar-refractivity contribution in [2.45, 2.75) is 58.3 Å². The van der Waals surface area contributed by atoms with E-state index in [4.69, 9.17) is 16.3 Å². The minimum absolute atomic E-state index is 0.0458. The number of hydrogen-bond acceptors (Lipinski definition) is 3. The lowest BCUT2D eigenvalue weighted by molar-refractivity contribution is -0.00441. The Balaban J connectivity index is 1.70. The number of aliphatic hydroxyl groups is 1. The third kappa shape index (κ3) is 5.75. The van der Waals surface area contributed by atoms with E-state index in [1.54, 1.807) is 0 Å². The summed E-state index contributed by atoms with van der Waals surface area (Å²) in [6.07, 6.45) is 3.29. The van der Waals surface area contributed by atoms with Crippen LogP contribution >= 0.6 is 11.6 Å². The van der Waals surface area contributed by atoms with E-state index in [1.807, 2.05) is 31.2 Å². The lowest BCUT2D eigenvalue weighted by Crippen LogP contribution is -2.44. The first-order valence-corrected chi connectivity index (χ1v) is 9.13. The molecule has 3 nitrogen and oxygen atoms in total. The summed E-state index contributed by atoms with van der Waals surface area (Å²) in [5.41, 5.74) is 1.07. The Morgan fingerprint density at radius 2 is 1.96 bits per heavy atom. The van der Waals surface area contributed by atoms with Gasteiger partial charge in [-0.15, -0.1) is 0 Å². The van der Waals surface area contributed by atoms with E-state index in [9.17, 15) is 5.11 Å². The van der Waals surface area contributed by atoms with Gasteiger partial charge in [-0.2, -0.15) is 0 Å². The molecule has 23 heavy (non-hydrogen) atoms. The standard InChI is InChI=1S/C19H30ClNO2/c1-13-5-4-6-19(14(13)2)21-11-18(22)12-23-15(3)16-7-9-17(20)10-8-16/h7-10,13-15,18-19,21-22H,4-6,11-12H2,1-3H3. The Morgan fingerprint density at radius 3 is 2.65 bits per heavy atom. The van der Waals surface area contributed by atoms with Gasteiger partial charge in [-0.3, -0.25) is 0 Å². The highest BCUT2D eigenvalue weighted by atomic mass is 35.5. The smallest absolute Gasteiger partial charge is 0.0898 e. The number of nitrogens with one attached hydrogen (secondary N) is 1. The fraction of sp³-hybridized carbons (Fsp3) is 0.684. The quantitative estimate of drug-likeness (QED) is 0.782. The van der Waals surface area contributed by atoms with Gasteiger partial charge in [0.2, 0.25) is 0 Å². The Labute approximate surface area is 145 Å². The predicted molar refractivity (Wildman–Crippen MR) is 95.8 cm³/mol. The van der Waals surface area contributed by atoms with E-state index < -0.39 is 6.10 Å². The highest BCUT2D eigenvalue weighted by Gasteiger charge is 2.27. The first-order valence-electron chi connectivity index (χ1n) is 8.76. The van der Waals surface area contributed by atoms with Crippen molar-refractivity contribution < 1.29 is 9.84 Å². The van der Waals surface area contributed by atoms with Crippen LogP contribution in [0.5, 0.6) is 0 Å². The maximum Gasteiger partial charge on any atom is 0.0898 e. The van der Waals surface area contributed by atoms with Gasteiger partial charge in [0.05, 0.1) is 18.8 Å². The zero-order valence-electron chi connectivity index (χ0n) is 14.5. The van der Waals surface area contributed by atoms with Crippen molar-refractivity contribution in [1.29, 1.82) is 0 Å². The van der Waals surface area contributed by atoms with E-state index in [0.717, 1.165) is 16.5 Å². The average molecular weight is 340 g/mol. The van der Waals surface area contributed by atoms with Crippen LogP contribution in [0.3, 0.4) is 0 Å². The number of halogens is 1. The molecule has 1 aromatic carbocycles. The van der Waals surface area contributed by atoms with Crippen molar-refractivity contribution in [2.24, 2.45) is 11.8 Å². The largest absolute Gasteiger partial charge is 0.389 e. The molecule has 0 aromatic heterocycles. The summed E-state index contributed by atoms with van der Waals surface area (Å²) >= 11 is 5.89. The molecular weight excluding hydrogens is 310 g/mol. The first-order chi connectivity index (χ1) is 11.0. The van der Waals surface area contributed by atoms with Gasteiger partial charge in [0.25, 0.3) is 0 Å². The highest BCUT2D eigenvalue weighted by molar-refractivity contribution is 6.30. The summed E-state index contributed by atoms with van der Waals surface area (Å²) in [7, 11) is 0. The van der Waals surface area contributed by atoms with Gasteiger partial charge in [-0.1, -0.05) is 50.4 Å². The minimum Gasteiger partial charge on any atom is -0.389 e. The van der Waals surface area contributed by atoms with Crippen LogP contribution in [-0.4, -0.2) is 30.4 Å². The maximum absolute atomic E-state index is 10.2. The van der Waals surface area contributed by atoms with Crippen LogP contribution in [0, 0.1) is 11.8 Å². The van der Waals surface area contributed by atoms with Gasteiger partial charge in [-0.25, -0.2) is 0 Å². The molecule has 1 aliphatic rings. The van der Waals surface area contributed by atoms with Gasteiger partial charge < -0.3 is 15.2 Å². The molecule has 0 heterocycles. The van der Waals surface area contributed by atoms with Gasteiger partial charge in [0.1, 0.15) is 0 Å². The second kappa shape index (κ2) is 9.03. The molecule has 5 atom stereocenters. The third-order valence-electron chi connectivity index (χ3n) is 5.20. The molecule has 2 rings (SSSR count). The zero-order valence-corrected chi connectivity index (χ0v) is 15.2. The van der Waals surface area contributed by atoms with Crippen molar-refractivity contribution in [1.82, 2.24) is 5.32 Å². The average Bonchev–Trinajstić information content (AvgIpc) is 2.54. The summed E-state index contributed by atoms with van der Waals surface area (Å²) in [4.78, 5) is 0. The Morgan fingerprint density at radius 1 is 1.26 bits per heavy atom. The molecular formula is C19H30ClNO2. The van der Waals surface area contributed by atoms with Crippen molar-refractivity contribution in [3.05, 3.63) is 34.9 Å². The molecule has 1 saturated carbocycles. The van der Waals surface area contributed by atoms with E-state index in [0.29, 0.717) is 25.1 Å². The minimum atomic E-state index is -0.478. The number of aliphatic hydroxyl groups excluding tert-OH is 1. The van der Waals surface area contributed by atoms with Crippen molar-refractivity contribution >= 4 is 11.6 Å². The molecule has 0 spiro atoms. The van der Waals surface area contributed by atoms with Crippen LogP contribution in [0.1, 0.15) is 51.7 Å². The third-order valence-corrected chi connectivity index (χ3v) is 5.45. The molecule has 0 radical (unpaired) electrons. The molecule has 2 N–H and O–H groups in total. The van der Waals surface area contributed by atoms with Gasteiger partial charge in [0, 0.05) is 17.6 Å². The SMILES string of the molecule is CC(OCC(O)CNC1CCCC(C)C1C)c1ccc(Cl)cc1. The van der Waals surface area contributed by atoms with Gasteiger partial charge in [0.15, 0.2) is 0 Å². The Hall–Kier alpha value is -0.610. The zero-order chi connectivity index (χ0) is 16.8. The Bertz CT molecular complexity index is 465. The number of ether oxygens (including phenoxy) is 1. The lowest BCUT2D eigenvalue weighted by atomic mass is 9.78. The monoisotopic (exact) mass is 339 g/mol. The molecule has 1 aromatic rings. The van der Waals surface area contributed by atoms with E-state index >= 15 is 0 Å². The fourth-order valence-electron chi connectivity index (χ4n) is 3.30. The van der Waals surface area contributed by atoms with Crippen LogP contribution in [0.25, 0.3) is 0 Å². The molecule has 1 fully saturated rings. The molecule has 0 amide bonds. The van der Waals surface area contributed by atoms with Crippen molar-refractivity contribution in [3.8, 4) is 0 Å². The van der Waals surface area contributed by atoms with E-state index in [-0.39, 0.29) is 6.10 Å². The summed E-state index contributed by atoms with van der Waals surface area (Å²) in [6.45, 7) is 7.57. The maximum atomic E-state index is 10.2. The van der Waals surface area contributed by atoms with Crippen molar-refractivity contribution in [3.63, 3.8) is 0 Å². The molecule has 0 bridgehead atoms. The van der Waals surface area contributed by atoms with Crippen LogP contribution in [0.4, 0.5) is 0 Å². The van der Waals surface area contributed by atoms with E-state index in [1.165, 1.54) is 19.3 Å². The van der Waals surface area contributed by atoms with E-state index in [2.05, 4.69) is 19.2 Å². The summed E-state index contributed by atoms with van der Waals surface area (Å²) in [6, 6.07) is 8.16. The predicted octanol–water partition coefficient (Wildman–Crippen LogP) is 4.19. The molecule has 5 unspecified atom stereocenters. The van der Waals surface area contributed by atoms with Gasteiger partial charge in [-0.05, 0) is 42.9 Å². The number of hydrogen-bond donors (Lipinski definition) is 2. The molecule has 0 saturated heterocycles. The van der Waals surface area contributed by atoms with Gasteiger partial charge >= 0.3 is 0 Å². The van der Waals surface area contributed by atoms with Crippen LogP contribution in [0.2, 0.25) is 5.02 Å². The molecule has 130 valence electrons. The first kappa shape index (κ1) is 18.7. The molecule has 4 heteroatoms. The summed E-state index contributed by atoms with van der Waals surface area (Å²) in [5.74, 6) is 1.43. The molecule has 0 aliphatic heterocycles. The normalized spacial score (nSPS) is 27.6. The highest BCUT2D eigenvalue weighted by Crippen LogP contribution is 2.29. The molecule has 1 aliphatic carbocycles. The van der Waals surface area contributed by atoms with Crippen LogP contribution in [-0.2, 0) is 4.74 Å². The number of rotatable bonds is 7. The Kier molecular flexibility index (Phi) is 7.35. The second-order valence-corrected chi connectivity index (χ2v) is 7.40. The number of benzene rings is 1. The summed E-state index contributed by atoms with van der Waals surface area (Å²) in [5, 5.41) is 14.4. The summed E-state index contributed by atoms with van der Waals surface area (Å²) < 4.78 is 5.78. The van der Waals surface area contributed by atoms with Crippen LogP contribution < -0.4 is 5.32 Å². The van der Waals surface area contributed by atoms with Crippen molar-refractivity contribution in [2.75, 3.05) is 13.2 Å². The lowest BCUT2D eigenvalue weighted by Gasteiger charge is -2.35.